The summed E-state index contributed by atoms with van der Waals surface area (Å²) >= 11 is 0. The zero-order chi connectivity index (χ0) is 95.1. The van der Waals surface area contributed by atoms with Crippen molar-refractivity contribution in [3.8, 4) is 152 Å². The molecule has 0 unspecified atom stereocenters. The predicted molar refractivity (Wildman–Crippen MR) is 586 cm³/mol. The van der Waals surface area contributed by atoms with Gasteiger partial charge in [-0.2, -0.15) is 0 Å². The van der Waals surface area contributed by atoms with Gasteiger partial charge in [-0.25, -0.2) is 29.9 Å². The van der Waals surface area contributed by atoms with Crippen LogP contribution in [-0.2, 0) is 10.8 Å². The zero-order valence-electron chi connectivity index (χ0n) is 78.8. The van der Waals surface area contributed by atoms with Crippen LogP contribution in [0.5, 0.6) is 0 Å². The van der Waals surface area contributed by atoms with E-state index in [9.17, 15) is 0 Å². The van der Waals surface area contributed by atoms with Crippen LogP contribution in [0.1, 0.15) is 49.9 Å². The van der Waals surface area contributed by atoms with Crippen LogP contribution in [0.25, 0.3) is 218 Å². The van der Waals surface area contributed by atoms with E-state index in [1.807, 2.05) is 103 Å². The van der Waals surface area contributed by atoms with Crippen molar-refractivity contribution in [3.63, 3.8) is 0 Å². The molecule has 0 radical (unpaired) electrons. The minimum absolute atomic E-state index is 0.177. The molecule has 2 aliphatic rings. The number of hydrogen-bond acceptors (Lipinski definition) is 10. The first kappa shape index (κ1) is 83.8. The molecule has 11 nitrogen and oxygen atoms in total. The van der Waals surface area contributed by atoms with E-state index in [1.165, 1.54) is 55.3 Å². The first-order valence-corrected chi connectivity index (χ1v) is 48.8. The number of para-hydroxylation sites is 2. The maximum Gasteiger partial charge on any atom is 0.164 e. The Morgan fingerprint density at radius 1 is 0.203 bits per heavy atom. The molecule has 25 aromatic rings. The van der Waals surface area contributed by atoms with Gasteiger partial charge < -0.3 is 23.2 Å². The summed E-state index contributed by atoms with van der Waals surface area (Å²) in [6.07, 6.45) is 0. The Morgan fingerprint density at radius 2 is 0.524 bits per heavy atom. The van der Waals surface area contributed by atoms with E-state index < -0.39 is 0 Å². The fraction of sp³-hybridized carbons (Fsp3) is 0.0455. The van der Waals surface area contributed by atoms with Gasteiger partial charge in [-0.05, 0) is 199 Å². The van der Waals surface area contributed by atoms with Gasteiger partial charge in [0.05, 0.1) is 28.1 Å². The van der Waals surface area contributed by atoms with Crippen molar-refractivity contribution in [2.75, 3.05) is 9.80 Å². The van der Waals surface area contributed by atoms with Gasteiger partial charge in [-0.1, -0.05) is 380 Å². The molecule has 20 aromatic carbocycles. The topological polar surface area (TPSA) is 115 Å². The minimum atomic E-state index is -0.215. The molecule has 5 aromatic heterocycles. The molecule has 0 aliphatic heterocycles. The lowest BCUT2D eigenvalue weighted by atomic mass is 9.82. The first-order valence-electron chi connectivity index (χ1n) is 48.8. The molecule has 0 atom stereocenters. The van der Waals surface area contributed by atoms with Gasteiger partial charge in [0.2, 0.25) is 0 Å². The molecule has 27 rings (SSSR count). The number of nitrogens with zero attached hydrogens (tertiary/aromatic N) is 9. The van der Waals surface area contributed by atoms with Crippen molar-refractivity contribution in [3.05, 3.63) is 489 Å². The summed E-state index contributed by atoms with van der Waals surface area (Å²) in [5.74, 6) is 3.46. The van der Waals surface area contributed by atoms with Crippen molar-refractivity contribution in [1.29, 1.82) is 0 Å². The first-order chi connectivity index (χ1) is 70.4. The number of aromatic nitrogens is 7. The van der Waals surface area contributed by atoms with E-state index in [4.69, 9.17) is 38.7 Å². The predicted octanol–water partition coefficient (Wildman–Crippen LogP) is 34.8. The summed E-state index contributed by atoms with van der Waals surface area (Å²) in [7, 11) is 0. The summed E-state index contributed by atoms with van der Waals surface area (Å²) in [6.45, 7) is 9.40. The molecule has 0 saturated heterocycles. The van der Waals surface area contributed by atoms with Gasteiger partial charge in [0, 0.05) is 116 Å². The summed E-state index contributed by atoms with van der Waals surface area (Å²) in [4.78, 5) is 36.2. The van der Waals surface area contributed by atoms with Gasteiger partial charge in [0.25, 0.3) is 0 Å². The Morgan fingerprint density at radius 3 is 1.02 bits per heavy atom. The fourth-order valence-electron chi connectivity index (χ4n) is 22.4. The Kier molecular flexibility index (Phi) is 19.7. The van der Waals surface area contributed by atoms with Crippen molar-refractivity contribution >= 4 is 99.8 Å². The van der Waals surface area contributed by atoms with E-state index in [2.05, 4.69) is 406 Å². The number of fused-ring (bicyclic) bond motifs is 15. The lowest BCUT2D eigenvalue weighted by Crippen LogP contribution is -2.16. The maximum atomic E-state index is 6.76. The molecule has 143 heavy (non-hydrogen) atoms. The molecule has 674 valence electrons. The minimum Gasteiger partial charge on any atom is -0.456 e. The molecular weight excluding hydrogens is 1740 g/mol. The zero-order valence-corrected chi connectivity index (χ0v) is 78.8. The molecule has 5 heterocycles. The molecule has 2 aliphatic carbocycles. The second-order valence-electron chi connectivity index (χ2n) is 38.3. The van der Waals surface area contributed by atoms with E-state index in [0.29, 0.717) is 34.9 Å². The summed E-state index contributed by atoms with van der Waals surface area (Å²) in [6, 6.07) is 167. The van der Waals surface area contributed by atoms with Gasteiger partial charge >= 0.3 is 0 Å². The normalized spacial score (nSPS) is 12.7. The van der Waals surface area contributed by atoms with Crippen LogP contribution >= 0.6 is 0 Å². The largest absolute Gasteiger partial charge is 0.456 e. The highest BCUT2D eigenvalue weighted by atomic mass is 16.3. The van der Waals surface area contributed by atoms with Gasteiger partial charge in [0.1, 0.15) is 22.3 Å². The van der Waals surface area contributed by atoms with Gasteiger partial charge in [0.15, 0.2) is 34.9 Å². The fourth-order valence-corrected chi connectivity index (χ4v) is 22.4. The lowest BCUT2D eigenvalue weighted by Gasteiger charge is -2.30. The van der Waals surface area contributed by atoms with Gasteiger partial charge in [-0.3, -0.25) is 0 Å². The summed E-state index contributed by atoms with van der Waals surface area (Å²) < 4.78 is 15.8. The number of hydrogen-bond donors (Lipinski definition) is 0. The Bertz CT molecular complexity index is 9300. The highest BCUT2D eigenvalue weighted by molar-refractivity contribution is 6.17. The Balaban J connectivity index is 0.494. The second-order valence-corrected chi connectivity index (χ2v) is 38.3. The maximum absolute atomic E-state index is 6.76. The van der Waals surface area contributed by atoms with E-state index in [1.54, 1.807) is 0 Å². The molecule has 0 spiro atoms. The molecule has 0 saturated carbocycles. The van der Waals surface area contributed by atoms with E-state index >= 15 is 0 Å². The van der Waals surface area contributed by atoms with Crippen LogP contribution in [0, 0.1) is 0 Å². The number of anilines is 6. The third-order valence-electron chi connectivity index (χ3n) is 29.4. The SMILES string of the molecule is CC1(C)c2ccccc2-c2c(N(c3ccc(-c4ccc5oc6cccc(-c7nc(-c8ccccc8)nc(-c8ccccc8)n7)c6c5c4)cc3)c3ccc(-c4cccc5c4c4ccccc4n5-c4ccc(-c5ccc(-c6nc(-c7ccccc7)nc(-c7cccc8oc9ccc(-c%10ccc(N(c%11ccccc%11-c%11ccccc%11)c%11cccc%12c%11-c%11ccccc%11C%12(C)C)cc%10)cc9c78)n6)cc5)cc4)cc3)cccc21. The Hall–Kier alpha value is -18.6. The van der Waals surface area contributed by atoms with Gasteiger partial charge in [-0.15, -0.1) is 0 Å². The van der Waals surface area contributed by atoms with Crippen molar-refractivity contribution < 1.29 is 8.83 Å². The molecule has 0 N–H and O–H groups in total. The average molecular weight is 1830 g/mol. The summed E-state index contributed by atoms with van der Waals surface area (Å²) in [5.41, 5.74) is 39.0. The Labute approximate surface area is 827 Å². The van der Waals surface area contributed by atoms with E-state index in [-0.39, 0.29) is 10.8 Å². The quantitative estimate of drug-likeness (QED) is 0.0822. The van der Waals surface area contributed by atoms with Crippen LogP contribution in [0.2, 0.25) is 0 Å². The van der Waals surface area contributed by atoms with Crippen LogP contribution in [-0.4, -0.2) is 34.5 Å². The van der Waals surface area contributed by atoms with Crippen molar-refractivity contribution in [2.45, 2.75) is 38.5 Å². The third-order valence-corrected chi connectivity index (χ3v) is 29.4. The highest BCUT2D eigenvalue weighted by Crippen LogP contribution is 2.58. The third kappa shape index (κ3) is 14.1. The number of rotatable bonds is 18. The molecule has 0 bridgehead atoms. The standard InChI is InChI=1S/C132H89N9O2/c1-131(2)107-45-21-17-39-100(107)123-109(131)47-28-52-114(123)139(94-70-62-84(63-71-94)92-68-78-116-105(80-92)121-103(43-26-54-118(121)142-116)129-135-125(88-32-11-6-12-33-88)133-126(136-129)89-34-13-7-14-35-89)95-76-66-87(67-77-95)99-42-25-51-113-120(99)102-41-20-24-50-112(102)141(113)97-72-60-83(61-73-97)82-56-58-91(59-57-82)128-134-127(90-36-15-8-16-37-90)137-130(138-128)104-44-27-55-119-122(104)106-81-93(69-79-117(106)143-119)85-64-74-96(75-65-85)140(111-49-23-19-38-98(111)86-30-9-5-10-31-86)115-53-29-48-110-124(115)101-40-18-22-46-108(101)132(110,3)4/h5-81H,1-4H3. The molecular formula is C132H89N9O2. The highest BCUT2D eigenvalue weighted by Gasteiger charge is 2.40. The van der Waals surface area contributed by atoms with Crippen LogP contribution in [0.15, 0.2) is 476 Å². The van der Waals surface area contributed by atoms with E-state index in [0.717, 1.165) is 184 Å². The van der Waals surface area contributed by atoms with Crippen molar-refractivity contribution in [2.24, 2.45) is 0 Å². The molecule has 11 heteroatoms. The van der Waals surface area contributed by atoms with Crippen LogP contribution in [0.4, 0.5) is 34.1 Å². The van der Waals surface area contributed by atoms with Crippen LogP contribution < -0.4 is 9.80 Å². The smallest absolute Gasteiger partial charge is 0.164 e. The van der Waals surface area contributed by atoms with Crippen molar-refractivity contribution in [1.82, 2.24) is 34.5 Å². The average Bonchev–Trinajstić information content (AvgIpc) is 1.56. The lowest BCUT2D eigenvalue weighted by molar-refractivity contribution is 0.660. The monoisotopic (exact) mass is 1830 g/mol. The number of furan rings is 2. The summed E-state index contributed by atoms with van der Waals surface area (Å²) in [5, 5.41) is 6.18. The molecule has 0 fully saturated rings. The second kappa shape index (κ2) is 33.7. The van der Waals surface area contributed by atoms with Crippen LogP contribution in [0.3, 0.4) is 0 Å². The number of benzene rings is 20. The molecule has 0 amide bonds.